The number of carbonyl (C=O) groups excluding carboxylic acids is 2. The standard InChI is InChI=1S/C37H40FN3O5S/c1-27-16-18-31(19-17-27)41(47(44,45)33-22-20-32(46-2)21-23-33)26-36(42)40(25-29-12-6-9-15-34(29)38)35(24-28-10-4-3-5-11-28)37(43)39-30-13-7-8-14-30/h3-6,9-12,15-23,30,35H,7-8,13-14,24-26H2,1-2H3,(H,39,43). The average molecular weight is 658 g/mol. The number of nitrogens with one attached hydrogen (secondary N) is 1. The number of nitrogens with zero attached hydrogens (tertiary/aromatic N) is 2. The lowest BCUT2D eigenvalue weighted by atomic mass is 10.0. The highest BCUT2D eigenvalue weighted by molar-refractivity contribution is 7.92. The van der Waals surface area contributed by atoms with Gasteiger partial charge in [0.1, 0.15) is 24.2 Å². The molecule has 47 heavy (non-hydrogen) atoms. The van der Waals surface area contributed by atoms with Crippen molar-refractivity contribution >= 4 is 27.5 Å². The molecule has 1 fully saturated rings. The first-order valence-electron chi connectivity index (χ1n) is 15.8. The highest BCUT2D eigenvalue weighted by Gasteiger charge is 2.36. The van der Waals surface area contributed by atoms with Crippen molar-refractivity contribution in [2.45, 2.75) is 62.6 Å². The largest absolute Gasteiger partial charge is 0.497 e. The minimum absolute atomic E-state index is 0.0225. The lowest BCUT2D eigenvalue weighted by Gasteiger charge is -2.34. The van der Waals surface area contributed by atoms with Gasteiger partial charge < -0.3 is 15.0 Å². The second-order valence-corrected chi connectivity index (χ2v) is 13.7. The first kappa shape index (κ1) is 33.7. The molecule has 0 heterocycles. The third-order valence-electron chi connectivity index (χ3n) is 8.52. The number of rotatable bonds is 13. The Kier molecular flexibility index (Phi) is 10.9. The maximum Gasteiger partial charge on any atom is 0.264 e. The van der Waals surface area contributed by atoms with Crippen molar-refractivity contribution < 1.29 is 27.1 Å². The summed E-state index contributed by atoms with van der Waals surface area (Å²) in [6, 6.07) is 27.1. The molecule has 0 radical (unpaired) electrons. The first-order chi connectivity index (χ1) is 22.7. The molecule has 2 amide bonds. The van der Waals surface area contributed by atoms with Crippen LogP contribution in [-0.4, -0.2) is 50.9 Å². The fraction of sp³-hybridized carbons (Fsp3) is 0.297. The monoisotopic (exact) mass is 657 g/mol. The number of carbonyl (C=O) groups is 2. The molecule has 1 saturated carbocycles. The molecule has 10 heteroatoms. The second-order valence-electron chi connectivity index (χ2n) is 11.8. The molecule has 0 bridgehead atoms. The summed E-state index contributed by atoms with van der Waals surface area (Å²) in [6.07, 6.45) is 3.84. The fourth-order valence-corrected chi connectivity index (χ4v) is 7.26. The van der Waals surface area contributed by atoms with Gasteiger partial charge in [-0.05, 0) is 67.8 Å². The lowest BCUT2D eigenvalue weighted by molar-refractivity contribution is -0.140. The maximum atomic E-state index is 15.1. The Balaban J connectivity index is 1.56. The molecule has 1 aliphatic carbocycles. The van der Waals surface area contributed by atoms with Gasteiger partial charge in [-0.3, -0.25) is 13.9 Å². The number of ether oxygens (including phenoxy) is 1. The molecule has 246 valence electrons. The summed E-state index contributed by atoms with van der Waals surface area (Å²) in [5.41, 5.74) is 2.22. The zero-order chi connectivity index (χ0) is 33.4. The molecule has 1 aliphatic rings. The van der Waals surface area contributed by atoms with E-state index < -0.39 is 34.3 Å². The van der Waals surface area contributed by atoms with Crippen molar-refractivity contribution in [1.29, 1.82) is 0 Å². The molecule has 1 atom stereocenters. The van der Waals surface area contributed by atoms with Crippen LogP contribution >= 0.6 is 0 Å². The number of hydrogen-bond acceptors (Lipinski definition) is 5. The summed E-state index contributed by atoms with van der Waals surface area (Å²) in [5, 5.41) is 3.12. The van der Waals surface area contributed by atoms with Crippen molar-refractivity contribution in [2.24, 2.45) is 0 Å². The van der Waals surface area contributed by atoms with Crippen LogP contribution < -0.4 is 14.4 Å². The Hall–Kier alpha value is -4.70. The minimum Gasteiger partial charge on any atom is -0.497 e. The van der Waals surface area contributed by atoms with E-state index in [9.17, 15) is 18.0 Å². The Morgan fingerprint density at radius 1 is 0.894 bits per heavy atom. The van der Waals surface area contributed by atoms with Gasteiger partial charge >= 0.3 is 0 Å². The highest BCUT2D eigenvalue weighted by Crippen LogP contribution is 2.27. The molecular weight excluding hydrogens is 617 g/mol. The van der Waals surface area contributed by atoms with E-state index in [1.165, 1.54) is 42.3 Å². The molecule has 8 nitrogen and oxygen atoms in total. The van der Waals surface area contributed by atoms with E-state index in [0.29, 0.717) is 5.75 Å². The number of aryl methyl sites for hydroxylation is 1. The smallest absolute Gasteiger partial charge is 0.264 e. The van der Waals surface area contributed by atoms with Gasteiger partial charge in [0.25, 0.3) is 10.0 Å². The maximum absolute atomic E-state index is 15.1. The topological polar surface area (TPSA) is 96.0 Å². The first-order valence-corrected chi connectivity index (χ1v) is 17.2. The Morgan fingerprint density at radius 3 is 2.17 bits per heavy atom. The molecule has 5 rings (SSSR count). The van der Waals surface area contributed by atoms with Gasteiger partial charge in [-0.2, -0.15) is 0 Å². The Bertz CT molecular complexity index is 1760. The fourth-order valence-electron chi connectivity index (χ4n) is 5.85. The van der Waals surface area contributed by atoms with E-state index >= 15 is 4.39 Å². The van der Waals surface area contributed by atoms with Crippen LogP contribution in [0.1, 0.15) is 42.4 Å². The van der Waals surface area contributed by atoms with Crippen LogP contribution in [0.25, 0.3) is 0 Å². The van der Waals surface area contributed by atoms with Gasteiger partial charge in [0.15, 0.2) is 0 Å². The van der Waals surface area contributed by atoms with Crippen LogP contribution in [0.5, 0.6) is 5.75 Å². The number of sulfonamides is 1. The average Bonchev–Trinajstić information content (AvgIpc) is 3.60. The van der Waals surface area contributed by atoms with E-state index in [2.05, 4.69) is 5.32 Å². The summed E-state index contributed by atoms with van der Waals surface area (Å²) in [7, 11) is -2.78. The lowest BCUT2D eigenvalue weighted by Crippen LogP contribution is -2.54. The Morgan fingerprint density at radius 2 is 1.53 bits per heavy atom. The molecule has 1 N–H and O–H groups in total. The van der Waals surface area contributed by atoms with Gasteiger partial charge in [0.05, 0.1) is 17.7 Å². The van der Waals surface area contributed by atoms with Gasteiger partial charge in [0, 0.05) is 24.6 Å². The third kappa shape index (κ3) is 8.37. The predicted octanol–water partition coefficient (Wildman–Crippen LogP) is 6.04. The molecule has 4 aromatic rings. The summed E-state index contributed by atoms with van der Waals surface area (Å²) in [5.74, 6) is -1.05. The van der Waals surface area contributed by atoms with E-state index in [1.54, 1.807) is 42.5 Å². The number of amides is 2. The molecule has 4 aromatic carbocycles. The van der Waals surface area contributed by atoms with Crippen LogP contribution in [0.15, 0.2) is 108 Å². The Labute approximate surface area is 276 Å². The summed E-state index contributed by atoms with van der Waals surface area (Å²) < 4.78 is 49.7. The van der Waals surface area contributed by atoms with E-state index in [4.69, 9.17) is 4.74 Å². The highest BCUT2D eigenvalue weighted by atomic mass is 32.2. The van der Waals surface area contributed by atoms with Crippen LogP contribution in [0.3, 0.4) is 0 Å². The van der Waals surface area contributed by atoms with Crippen LogP contribution in [0, 0.1) is 12.7 Å². The quantitative estimate of drug-likeness (QED) is 0.189. The normalized spacial score (nSPS) is 13.9. The van der Waals surface area contributed by atoms with E-state index in [-0.39, 0.29) is 41.1 Å². The zero-order valence-electron chi connectivity index (χ0n) is 26.6. The van der Waals surface area contributed by atoms with Crippen LogP contribution in [0.2, 0.25) is 0 Å². The van der Waals surface area contributed by atoms with E-state index in [0.717, 1.165) is 41.1 Å². The predicted molar refractivity (Wildman–Crippen MR) is 180 cm³/mol. The minimum atomic E-state index is -4.27. The molecule has 0 spiro atoms. The number of benzene rings is 4. The molecule has 0 saturated heterocycles. The number of methoxy groups -OCH3 is 1. The second kappa shape index (κ2) is 15.3. The van der Waals surface area contributed by atoms with Crippen LogP contribution in [0.4, 0.5) is 10.1 Å². The molecule has 0 aliphatic heterocycles. The van der Waals surface area contributed by atoms with Crippen LogP contribution in [-0.2, 0) is 32.6 Å². The van der Waals surface area contributed by atoms with E-state index in [1.807, 2.05) is 37.3 Å². The van der Waals surface area contributed by atoms with Crippen molar-refractivity contribution in [3.8, 4) is 5.75 Å². The molecular formula is C37H40FN3O5S. The number of anilines is 1. The molecule has 1 unspecified atom stereocenters. The van der Waals surface area contributed by atoms with Crippen molar-refractivity contribution in [2.75, 3.05) is 18.0 Å². The van der Waals surface area contributed by atoms with Crippen molar-refractivity contribution in [3.63, 3.8) is 0 Å². The van der Waals surface area contributed by atoms with Gasteiger partial charge in [-0.15, -0.1) is 0 Å². The van der Waals surface area contributed by atoms with Gasteiger partial charge in [0.2, 0.25) is 11.8 Å². The summed E-state index contributed by atoms with van der Waals surface area (Å²) in [6.45, 7) is 1.03. The van der Waals surface area contributed by atoms with Crippen molar-refractivity contribution in [1.82, 2.24) is 10.2 Å². The van der Waals surface area contributed by atoms with Crippen molar-refractivity contribution in [3.05, 3.63) is 126 Å². The number of halogens is 1. The summed E-state index contributed by atoms with van der Waals surface area (Å²) in [4.78, 5) is 29.9. The van der Waals surface area contributed by atoms with Gasteiger partial charge in [-0.25, -0.2) is 12.8 Å². The third-order valence-corrected chi connectivity index (χ3v) is 10.3. The number of hydrogen-bond donors (Lipinski definition) is 1. The zero-order valence-corrected chi connectivity index (χ0v) is 27.5. The van der Waals surface area contributed by atoms with Gasteiger partial charge in [-0.1, -0.05) is 79.1 Å². The molecule has 0 aromatic heterocycles. The summed E-state index contributed by atoms with van der Waals surface area (Å²) >= 11 is 0. The SMILES string of the molecule is COc1ccc(S(=O)(=O)N(CC(=O)N(Cc2ccccc2F)C(Cc2ccccc2)C(=O)NC2CCCC2)c2ccc(C)cc2)cc1.